The van der Waals surface area contributed by atoms with Crippen molar-refractivity contribution < 1.29 is 0 Å². The molecule has 1 aromatic rings. The zero-order valence-electron chi connectivity index (χ0n) is 10.8. The molecule has 0 bridgehead atoms. The van der Waals surface area contributed by atoms with Crippen LogP contribution in [0.1, 0.15) is 30.5 Å². The molecule has 17 heavy (non-hydrogen) atoms. The third kappa shape index (κ3) is 3.42. The minimum absolute atomic E-state index is 0.127. The van der Waals surface area contributed by atoms with Crippen molar-refractivity contribution in [1.82, 2.24) is 4.90 Å². The molecule has 1 unspecified atom stereocenters. The predicted molar refractivity (Wildman–Crippen MR) is 72.9 cm³/mol. The highest BCUT2D eigenvalue weighted by molar-refractivity contribution is 5.24. The number of rotatable bonds is 3. The van der Waals surface area contributed by atoms with E-state index in [1.54, 1.807) is 0 Å². The van der Waals surface area contributed by atoms with Gasteiger partial charge < -0.3 is 5.73 Å². The molecular formula is C15H22N2. The molecule has 1 aliphatic heterocycles. The monoisotopic (exact) mass is 230 g/mol. The Kier molecular flexibility index (Phi) is 3.97. The van der Waals surface area contributed by atoms with Crippen molar-refractivity contribution in [2.45, 2.75) is 26.3 Å². The molecule has 0 aromatic heterocycles. The topological polar surface area (TPSA) is 29.3 Å². The zero-order valence-corrected chi connectivity index (χ0v) is 10.8. The van der Waals surface area contributed by atoms with E-state index < -0.39 is 0 Å². The molecule has 0 fully saturated rings. The average Bonchev–Trinajstić information content (AvgIpc) is 2.33. The Labute approximate surface area is 104 Å². The summed E-state index contributed by atoms with van der Waals surface area (Å²) in [5.74, 6) is 0. The summed E-state index contributed by atoms with van der Waals surface area (Å²) in [4.78, 5) is 2.43. The minimum atomic E-state index is 0.127. The van der Waals surface area contributed by atoms with Gasteiger partial charge in [-0.05, 0) is 25.8 Å². The van der Waals surface area contributed by atoms with Gasteiger partial charge in [-0.3, -0.25) is 4.90 Å². The van der Waals surface area contributed by atoms with Crippen molar-refractivity contribution in [3.05, 3.63) is 47.0 Å². The lowest BCUT2D eigenvalue weighted by atomic mass is 10.0. The average molecular weight is 230 g/mol. The fourth-order valence-corrected chi connectivity index (χ4v) is 2.18. The number of hydrogen-bond donors (Lipinski definition) is 1. The fourth-order valence-electron chi connectivity index (χ4n) is 2.18. The molecule has 2 N–H and O–H groups in total. The van der Waals surface area contributed by atoms with Crippen LogP contribution in [0.25, 0.3) is 0 Å². The van der Waals surface area contributed by atoms with Crippen LogP contribution in [0, 0.1) is 6.92 Å². The second-order valence-corrected chi connectivity index (χ2v) is 5.08. The lowest BCUT2D eigenvalue weighted by molar-refractivity contribution is 0.276. The van der Waals surface area contributed by atoms with Crippen LogP contribution < -0.4 is 5.73 Å². The highest BCUT2D eigenvalue weighted by Gasteiger charge is 2.14. The molecule has 0 saturated carbocycles. The molecule has 0 spiro atoms. The highest BCUT2D eigenvalue weighted by Crippen LogP contribution is 2.16. The molecule has 1 atom stereocenters. The van der Waals surface area contributed by atoms with Crippen LogP contribution in [0.5, 0.6) is 0 Å². The maximum Gasteiger partial charge on any atom is 0.0424 e. The van der Waals surface area contributed by atoms with Crippen LogP contribution in [0.2, 0.25) is 0 Å². The van der Waals surface area contributed by atoms with Crippen molar-refractivity contribution in [2.75, 3.05) is 19.6 Å². The number of nitrogens with two attached hydrogens (primary N) is 1. The van der Waals surface area contributed by atoms with E-state index in [2.05, 4.69) is 49.1 Å². The Morgan fingerprint density at radius 2 is 1.94 bits per heavy atom. The number of benzene rings is 1. The van der Waals surface area contributed by atoms with Crippen LogP contribution in [0.3, 0.4) is 0 Å². The first kappa shape index (κ1) is 12.3. The molecule has 2 rings (SSSR count). The van der Waals surface area contributed by atoms with Gasteiger partial charge in [-0.25, -0.2) is 0 Å². The third-order valence-electron chi connectivity index (χ3n) is 3.48. The van der Waals surface area contributed by atoms with E-state index in [4.69, 9.17) is 5.73 Å². The molecule has 0 saturated heterocycles. The first-order valence-corrected chi connectivity index (χ1v) is 6.35. The predicted octanol–water partition coefficient (Wildman–Crippen LogP) is 2.65. The van der Waals surface area contributed by atoms with Crippen LogP contribution in [-0.4, -0.2) is 24.5 Å². The second kappa shape index (κ2) is 5.48. The van der Waals surface area contributed by atoms with E-state index in [0.29, 0.717) is 0 Å². The van der Waals surface area contributed by atoms with Gasteiger partial charge in [0, 0.05) is 25.7 Å². The maximum absolute atomic E-state index is 6.25. The molecular weight excluding hydrogens is 208 g/mol. The number of aryl methyl sites for hydroxylation is 1. The first-order chi connectivity index (χ1) is 8.15. The standard InChI is InChI=1S/C15H22N2/c1-12-3-5-14(6-4-12)15(16)11-17-9-7-13(2)8-10-17/h3-7,15H,8-11,16H2,1-2H3. The molecule has 2 nitrogen and oxygen atoms in total. The quantitative estimate of drug-likeness (QED) is 0.809. The normalized spacial score (nSPS) is 18.9. The van der Waals surface area contributed by atoms with Gasteiger partial charge in [-0.1, -0.05) is 41.5 Å². The molecule has 1 aromatic carbocycles. The summed E-state index contributed by atoms with van der Waals surface area (Å²) in [5.41, 5.74) is 10.3. The number of nitrogens with zero attached hydrogens (tertiary/aromatic N) is 1. The van der Waals surface area contributed by atoms with E-state index >= 15 is 0 Å². The summed E-state index contributed by atoms with van der Waals surface area (Å²) in [6.07, 6.45) is 3.49. The van der Waals surface area contributed by atoms with Crippen LogP contribution >= 0.6 is 0 Å². The van der Waals surface area contributed by atoms with Crippen molar-refractivity contribution in [1.29, 1.82) is 0 Å². The summed E-state index contributed by atoms with van der Waals surface area (Å²) in [5, 5.41) is 0. The summed E-state index contributed by atoms with van der Waals surface area (Å²) < 4.78 is 0. The van der Waals surface area contributed by atoms with Gasteiger partial charge in [0.2, 0.25) is 0 Å². The van der Waals surface area contributed by atoms with Gasteiger partial charge in [0.1, 0.15) is 0 Å². The van der Waals surface area contributed by atoms with E-state index in [1.165, 1.54) is 23.1 Å². The lowest BCUT2D eigenvalue weighted by Gasteiger charge is -2.28. The van der Waals surface area contributed by atoms with Crippen molar-refractivity contribution in [3.63, 3.8) is 0 Å². The summed E-state index contributed by atoms with van der Waals surface area (Å²) >= 11 is 0. The van der Waals surface area contributed by atoms with Gasteiger partial charge in [-0.2, -0.15) is 0 Å². The van der Waals surface area contributed by atoms with Gasteiger partial charge in [-0.15, -0.1) is 0 Å². The molecule has 92 valence electrons. The zero-order chi connectivity index (χ0) is 12.3. The highest BCUT2D eigenvalue weighted by atomic mass is 15.1. The van der Waals surface area contributed by atoms with Crippen molar-refractivity contribution in [2.24, 2.45) is 5.73 Å². The fraction of sp³-hybridized carbons (Fsp3) is 0.467. The Morgan fingerprint density at radius 1 is 1.24 bits per heavy atom. The SMILES string of the molecule is CC1=CCN(CC(N)c2ccc(C)cc2)CC1. The van der Waals surface area contributed by atoms with Gasteiger partial charge in [0.05, 0.1) is 0 Å². The number of hydrogen-bond acceptors (Lipinski definition) is 2. The van der Waals surface area contributed by atoms with E-state index in [9.17, 15) is 0 Å². The van der Waals surface area contributed by atoms with Crippen LogP contribution in [0.4, 0.5) is 0 Å². The summed E-state index contributed by atoms with van der Waals surface area (Å²) in [6, 6.07) is 8.68. The Bertz CT molecular complexity index is 392. The van der Waals surface area contributed by atoms with Crippen molar-refractivity contribution in [3.8, 4) is 0 Å². The molecule has 0 amide bonds. The first-order valence-electron chi connectivity index (χ1n) is 6.35. The molecule has 1 heterocycles. The smallest absolute Gasteiger partial charge is 0.0424 e. The maximum atomic E-state index is 6.25. The van der Waals surface area contributed by atoms with Crippen LogP contribution in [-0.2, 0) is 0 Å². The van der Waals surface area contributed by atoms with E-state index in [-0.39, 0.29) is 6.04 Å². The van der Waals surface area contributed by atoms with Gasteiger partial charge in [0.25, 0.3) is 0 Å². The lowest BCUT2D eigenvalue weighted by Crippen LogP contribution is -2.35. The van der Waals surface area contributed by atoms with E-state index in [1.807, 2.05) is 0 Å². The summed E-state index contributed by atoms with van der Waals surface area (Å²) in [6.45, 7) is 7.45. The van der Waals surface area contributed by atoms with Crippen molar-refractivity contribution >= 4 is 0 Å². The Morgan fingerprint density at radius 3 is 2.53 bits per heavy atom. The molecule has 2 heteroatoms. The summed E-state index contributed by atoms with van der Waals surface area (Å²) in [7, 11) is 0. The van der Waals surface area contributed by atoms with Gasteiger partial charge >= 0.3 is 0 Å². The Balaban J connectivity index is 1.93. The molecule has 0 radical (unpaired) electrons. The largest absolute Gasteiger partial charge is 0.323 e. The van der Waals surface area contributed by atoms with Crippen LogP contribution in [0.15, 0.2) is 35.9 Å². The second-order valence-electron chi connectivity index (χ2n) is 5.08. The van der Waals surface area contributed by atoms with E-state index in [0.717, 1.165) is 19.6 Å². The molecule has 1 aliphatic rings. The molecule has 0 aliphatic carbocycles. The minimum Gasteiger partial charge on any atom is -0.323 e. The van der Waals surface area contributed by atoms with Gasteiger partial charge in [0.15, 0.2) is 0 Å². The Hall–Kier alpha value is -1.12. The third-order valence-corrected chi connectivity index (χ3v) is 3.48.